The lowest BCUT2D eigenvalue weighted by Gasteiger charge is -2.15. The highest BCUT2D eigenvalue weighted by Crippen LogP contribution is 2.24. The van der Waals surface area contributed by atoms with Crippen LogP contribution in [0, 0.1) is 0 Å². The molecule has 0 aliphatic heterocycles. The van der Waals surface area contributed by atoms with Crippen molar-refractivity contribution in [2.45, 2.75) is 12.6 Å². The summed E-state index contributed by atoms with van der Waals surface area (Å²) in [4.78, 5) is 12.9. The van der Waals surface area contributed by atoms with Crippen LogP contribution in [0.2, 0.25) is 0 Å². The fourth-order valence-corrected chi connectivity index (χ4v) is 3.11. The van der Waals surface area contributed by atoms with E-state index in [2.05, 4.69) is 5.10 Å². The quantitative estimate of drug-likeness (QED) is 0.614. The molecule has 0 aliphatic carbocycles. The number of benzene rings is 3. The number of aliphatic hydroxyl groups excluding tert-OH is 1. The zero-order valence-electron chi connectivity index (χ0n) is 14.1. The molecule has 0 unspecified atom stereocenters. The van der Waals surface area contributed by atoms with Crippen LogP contribution in [-0.4, -0.2) is 14.9 Å². The normalized spacial score (nSPS) is 12.2. The molecule has 0 amide bonds. The Morgan fingerprint density at radius 1 is 0.808 bits per heavy atom. The van der Waals surface area contributed by atoms with Gasteiger partial charge in [0.1, 0.15) is 0 Å². The van der Waals surface area contributed by atoms with Gasteiger partial charge in [-0.3, -0.25) is 4.79 Å². The monoisotopic (exact) mass is 342 g/mol. The van der Waals surface area contributed by atoms with E-state index in [1.165, 1.54) is 4.68 Å². The van der Waals surface area contributed by atoms with Gasteiger partial charge in [0.05, 0.1) is 23.7 Å². The SMILES string of the molecule is O=c1c2ccccc2c(-c2ccccc2)nn1C[C@@H](O)c1ccccc1. The first-order valence-electron chi connectivity index (χ1n) is 8.52. The van der Waals surface area contributed by atoms with Crippen LogP contribution in [0.3, 0.4) is 0 Å². The zero-order valence-corrected chi connectivity index (χ0v) is 14.1. The molecule has 0 saturated heterocycles. The molecule has 1 heterocycles. The van der Waals surface area contributed by atoms with E-state index >= 15 is 0 Å². The minimum absolute atomic E-state index is 0.105. The predicted octanol–water partition coefficient (Wildman–Crippen LogP) is 3.80. The summed E-state index contributed by atoms with van der Waals surface area (Å²) in [5, 5.41) is 16.5. The van der Waals surface area contributed by atoms with E-state index in [1.54, 1.807) is 6.07 Å². The van der Waals surface area contributed by atoms with Gasteiger partial charge in [-0.05, 0) is 11.6 Å². The molecule has 1 aromatic heterocycles. The fraction of sp³-hybridized carbons (Fsp3) is 0.0909. The highest BCUT2D eigenvalue weighted by atomic mass is 16.3. The van der Waals surface area contributed by atoms with E-state index in [0.717, 1.165) is 22.2 Å². The summed E-state index contributed by atoms with van der Waals surface area (Å²) in [6, 6.07) is 26.5. The molecular formula is C22H18N2O2. The van der Waals surface area contributed by atoms with Crippen LogP contribution >= 0.6 is 0 Å². The van der Waals surface area contributed by atoms with E-state index in [4.69, 9.17) is 0 Å². The van der Waals surface area contributed by atoms with Crippen LogP contribution in [0.1, 0.15) is 11.7 Å². The van der Waals surface area contributed by atoms with Crippen LogP contribution in [0.4, 0.5) is 0 Å². The second kappa shape index (κ2) is 6.94. The van der Waals surface area contributed by atoms with Crippen molar-refractivity contribution in [3.05, 3.63) is 101 Å². The molecule has 0 bridgehead atoms. The number of hydrogen-bond donors (Lipinski definition) is 1. The van der Waals surface area contributed by atoms with Gasteiger partial charge in [-0.2, -0.15) is 5.10 Å². The summed E-state index contributed by atoms with van der Waals surface area (Å²) in [7, 11) is 0. The molecule has 0 saturated carbocycles. The third-order valence-electron chi connectivity index (χ3n) is 4.45. The van der Waals surface area contributed by atoms with E-state index in [-0.39, 0.29) is 12.1 Å². The summed E-state index contributed by atoms with van der Waals surface area (Å²) in [6.07, 6.45) is -0.800. The summed E-state index contributed by atoms with van der Waals surface area (Å²) < 4.78 is 1.36. The Morgan fingerprint density at radius 2 is 1.38 bits per heavy atom. The maximum Gasteiger partial charge on any atom is 0.274 e. The van der Waals surface area contributed by atoms with Crippen molar-refractivity contribution < 1.29 is 5.11 Å². The van der Waals surface area contributed by atoms with Crippen molar-refractivity contribution in [3.8, 4) is 11.3 Å². The lowest BCUT2D eigenvalue weighted by Crippen LogP contribution is -2.26. The Labute approximate surface area is 151 Å². The highest BCUT2D eigenvalue weighted by Gasteiger charge is 2.15. The van der Waals surface area contributed by atoms with E-state index in [0.29, 0.717) is 5.39 Å². The third kappa shape index (κ3) is 3.03. The van der Waals surface area contributed by atoms with Crippen molar-refractivity contribution in [3.63, 3.8) is 0 Å². The van der Waals surface area contributed by atoms with Gasteiger partial charge in [0.25, 0.3) is 5.56 Å². The molecule has 0 fully saturated rings. The van der Waals surface area contributed by atoms with E-state index in [1.807, 2.05) is 78.9 Å². The smallest absolute Gasteiger partial charge is 0.274 e. The average Bonchev–Trinajstić information content (AvgIpc) is 2.71. The molecule has 1 atom stereocenters. The van der Waals surface area contributed by atoms with Crippen molar-refractivity contribution in [2.24, 2.45) is 0 Å². The number of hydrogen-bond acceptors (Lipinski definition) is 3. The van der Waals surface area contributed by atoms with Gasteiger partial charge in [-0.25, -0.2) is 4.68 Å². The van der Waals surface area contributed by atoms with Crippen molar-refractivity contribution in [1.29, 1.82) is 0 Å². The topological polar surface area (TPSA) is 55.1 Å². The molecule has 4 heteroatoms. The minimum Gasteiger partial charge on any atom is -0.386 e. The molecule has 0 aliphatic rings. The molecule has 0 spiro atoms. The van der Waals surface area contributed by atoms with Gasteiger partial charge in [0.2, 0.25) is 0 Å². The average molecular weight is 342 g/mol. The van der Waals surface area contributed by atoms with Crippen molar-refractivity contribution in [1.82, 2.24) is 9.78 Å². The second-order valence-electron chi connectivity index (χ2n) is 6.17. The number of aliphatic hydroxyl groups is 1. The van der Waals surface area contributed by atoms with Gasteiger partial charge < -0.3 is 5.11 Å². The third-order valence-corrected chi connectivity index (χ3v) is 4.45. The standard InChI is InChI=1S/C22H18N2O2/c25-20(16-9-3-1-4-10-16)15-24-22(26)19-14-8-7-13-18(19)21(23-24)17-11-5-2-6-12-17/h1-14,20,25H,15H2/t20-/m1/s1. The molecular weight excluding hydrogens is 324 g/mol. The number of rotatable bonds is 4. The maximum absolute atomic E-state index is 12.9. The van der Waals surface area contributed by atoms with Gasteiger partial charge >= 0.3 is 0 Å². The Kier molecular flexibility index (Phi) is 4.33. The first-order valence-corrected chi connectivity index (χ1v) is 8.52. The van der Waals surface area contributed by atoms with Gasteiger partial charge in [0, 0.05) is 10.9 Å². The molecule has 4 nitrogen and oxygen atoms in total. The molecule has 1 N–H and O–H groups in total. The van der Waals surface area contributed by atoms with Crippen molar-refractivity contribution >= 4 is 10.8 Å². The lowest BCUT2D eigenvalue weighted by molar-refractivity contribution is 0.150. The van der Waals surface area contributed by atoms with Crippen LogP contribution in [-0.2, 0) is 6.54 Å². The molecule has 26 heavy (non-hydrogen) atoms. The first kappa shape index (κ1) is 16.2. The first-order chi connectivity index (χ1) is 12.7. The van der Waals surface area contributed by atoms with Gasteiger partial charge in [-0.1, -0.05) is 78.9 Å². The Bertz CT molecular complexity index is 1090. The summed E-state index contributed by atoms with van der Waals surface area (Å²) >= 11 is 0. The van der Waals surface area contributed by atoms with Crippen LogP contribution in [0.15, 0.2) is 89.7 Å². The molecule has 0 radical (unpaired) electrons. The van der Waals surface area contributed by atoms with Crippen LogP contribution < -0.4 is 5.56 Å². The van der Waals surface area contributed by atoms with Crippen LogP contribution in [0.25, 0.3) is 22.0 Å². The van der Waals surface area contributed by atoms with Gasteiger partial charge in [0.15, 0.2) is 0 Å². The highest BCUT2D eigenvalue weighted by molar-refractivity contribution is 5.93. The molecule has 3 aromatic carbocycles. The van der Waals surface area contributed by atoms with Gasteiger partial charge in [-0.15, -0.1) is 0 Å². The minimum atomic E-state index is -0.800. The van der Waals surface area contributed by atoms with Crippen LogP contribution in [0.5, 0.6) is 0 Å². The number of aromatic nitrogens is 2. The number of nitrogens with zero attached hydrogens (tertiary/aromatic N) is 2. The molecule has 4 rings (SSSR count). The zero-order chi connectivity index (χ0) is 17.9. The summed E-state index contributed by atoms with van der Waals surface area (Å²) in [6.45, 7) is 0.105. The maximum atomic E-state index is 12.9. The molecule has 4 aromatic rings. The number of fused-ring (bicyclic) bond motifs is 1. The summed E-state index contributed by atoms with van der Waals surface area (Å²) in [5.74, 6) is 0. The predicted molar refractivity (Wildman–Crippen MR) is 103 cm³/mol. The van der Waals surface area contributed by atoms with Crippen molar-refractivity contribution in [2.75, 3.05) is 0 Å². The Hall–Kier alpha value is -3.24. The fourth-order valence-electron chi connectivity index (χ4n) is 3.11. The van der Waals surface area contributed by atoms with E-state index < -0.39 is 6.10 Å². The Balaban J connectivity index is 1.85. The second-order valence-corrected chi connectivity index (χ2v) is 6.17. The molecule has 128 valence electrons. The summed E-state index contributed by atoms with van der Waals surface area (Å²) in [5.41, 5.74) is 2.23. The largest absolute Gasteiger partial charge is 0.386 e. The van der Waals surface area contributed by atoms with E-state index in [9.17, 15) is 9.90 Å². The lowest BCUT2D eigenvalue weighted by atomic mass is 10.0. The Morgan fingerprint density at radius 3 is 2.08 bits per heavy atom.